The maximum atomic E-state index is 3.64. The fourth-order valence-corrected chi connectivity index (χ4v) is 2.91. The molecule has 0 saturated carbocycles. The van der Waals surface area contributed by atoms with Crippen molar-refractivity contribution in [3.8, 4) is 0 Å². The quantitative estimate of drug-likeness (QED) is 0.708. The van der Waals surface area contributed by atoms with Crippen LogP contribution in [0, 0.1) is 11.8 Å². The lowest BCUT2D eigenvalue weighted by atomic mass is 9.98. The molecule has 2 fully saturated rings. The predicted octanol–water partition coefficient (Wildman–Crippen LogP) is 1.31. The highest BCUT2D eigenvalue weighted by molar-refractivity contribution is 4.72. The first-order valence-corrected chi connectivity index (χ1v) is 7.48. The van der Waals surface area contributed by atoms with Crippen molar-refractivity contribution in [1.29, 1.82) is 0 Å². The second kappa shape index (κ2) is 7.34. The van der Waals surface area contributed by atoms with E-state index in [9.17, 15) is 0 Å². The molecule has 0 spiro atoms. The summed E-state index contributed by atoms with van der Waals surface area (Å²) in [7, 11) is 0. The third-order valence-corrected chi connectivity index (χ3v) is 4.37. The number of nitrogens with one attached hydrogen (secondary N) is 2. The molecule has 2 N–H and O–H groups in total. The van der Waals surface area contributed by atoms with Crippen LogP contribution in [0.2, 0.25) is 0 Å². The molecule has 0 atom stereocenters. The Bertz CT molecular complexity index is 194. The van der Waals surface area contributed by atoms with Crippen LogP contribution in [0.5, 0.6) is 0 Å². The van der Waals surface area contributed by atoms with Gasteiger partial charge in [0.2, 0.25) is 0 Å². The van der Waals surface area contributed by atoms with Crippen LogP contribution < -0.4 is 10.6 Å². The molecule has 2 rings (SSSR count). The van der Waals surface area contributed by atoms with Crippen LogP contribution in [0.15, 0.2) is 0 Å². The Labute approximate surface area is 106 Å². The number of likely N-dealkylation sites (tertiary alicyclic amines) is 1. The highest BCUT2D eigenvalue weighted by atomic mass is 15.1. The van der Waals surface area contributed by atoms with Crippen molar-refractivity contribution in [2.45, 2.75) is 32.6 Å². The summed E-state index contributed by atoms with van der Waals surface area (Å²) >= 11 is 0. The van der Waals surface area contributed by atoms with Gasteiger partial charge in [0.1, 0.15) is 0 Å². The van der Waals surface area contributed by atoms with Crippen LogP contribution in [0.3, 0.4) is 0 Å². The minimum absolute atomic E-state index is 0.914. The smallest absolute Gasteiger partial charge is 0.0107 e. The summed E-state index contributed by atoms with van der Waals surface area (Å²) in [6, 6.07) is 0. The number of piperidine rings is 2. The van der Waals surface area contributed by atoms with Gasteiger partial charge in [0.15, 0.2) is 0 Å². The molecule has 2 heterocycles. The van der Waals surface area contributed by atoms with Gasteiger partial charge in [0, 0.05) is 13.1 Å². The molecule has 0 unspecified atom stereocenters. The van der Waals surface area contributed by atoms with Crippen molar-refractivity contribution in [3.63, 3.8) is 0 Å². The van der Waals surface area contributed by atoms with E-state index in [1.165, 1.54) is 71.5 Å². The maximum Gasteiger partial charge on any atom is 0.0107 e. The van der Waals surface area contributed by atoms with Gasteiger partial charge in [-0.25, -0.2) is 0 Å². The molecule has 3 heteroatoms. The molecular formula is C14H29N3. The van der Waals surface area contributed by atoms with E-state index in [1.807, 2.05) is 0 Å². The van der Waals surface area contributed by atoms with Gasteiger partial charge in [-0.3, -0.25) is 0 Å². The molecule has 2 aliphatic rings. The third-order valence-electron chi connectivity index (χ3n) is 4.37. The second-order valence-electron chi connectivity index (χ2n) is 5.92. The molecule has 0 aromatic rings. The molecule has 0 aliphatic carbocycles. The van der Waals surface area contributed by atoms with E-state index in [-0.39, 0.29) is 0 Å². The van der Waals surface area contributed by atoms with Crippen LogP contribution in [-0.4, -0.2) is 50.7 Å². The van der Waals surface area contributed by atoms with Crippen LogP contribution in [-0.2, 0) is 0 Å². The van der Waals surface area contributed by atoms with Crippen molar-refractivity contribution in [3.05, 3.63) is 0 Å². The Morgan fingerprint density at radius 3 is 2.53 bits per heavy atom. The van der Waals surface area contributed by atoms with E-state index in [0.29, 0.717) is 0 Å². The number of hydrogen-bond acceptors (Lipinski definition) is 3. The lowest BCUT2D eigenvalue weighted by Crippen LogP contribution is -2.40. The van der Waals surface area contributed by atoms with Crippen molar-refractivity contribution >= 4 is 0 Å². The first-order chi connectivity index (χ1) is 8.34. The Morgan fingerprint density at radius 1 is 1.12 bits per heavy atom. The van der Waals surface area contributed by atoms with Crippen molar-refractivity contribution in [2.24, 2.45) is 11.8 Å². The molecule has 2 aliphatic heterocycles. The highest BCUT2D eigenvalue weighted by Crippen LogP contribution is 2.15. The topological polar surface area (TPSA) is 27.3 Å². The fourth-order valence-electron chi connectivity index (χ4n) is 2.91. The molecule has 3 nitrogen and oxygen atoms in total. The van der Waals surface area contributed by atoms with Crippen LogP contribution in [0.25, 0.3) is 0 Å². The number of rotatable bonds is 5. The largest absolute Gasteiger partial charge is 0.317 e. The molecule has 0 aromatic heterocycles. The minimum atomic E-state index is 0.914. The molecule has 0 radical (unpaired) electrons. The van der Waals surface area contributed by atoms with Gasteiger partial charge in [-0.2, -0.15) is 0 Å². The van der Waals surface area contributed by atoms with Crippen molar-refractivity contribution < 1.29 is 0 Å². The Balaban J connectivity index is 1.48. The van der Waals surface area contributed by atoms with Crippen LogP contribution in [0.4, 0.5) is 0 Å². The number of hydrogen-bond donors (Lipinski definition) is 2. The molecule has 0 aromatic carbocycles. The van der Waals surface area contributed by atoms with Gasteiger partial charge in [-0.1, -0.05) is 6.92 Å². The van der Waals surface area contributed by atoms with Gasteiger partial charge in [0.05, 0.1) is 0 Å². The average Bonchev–Trinajstić information content (AvgIpc) is 2.38. The van der Waals surface area contributed by atoms with Gasteiger partial charge in [0.25, 0.3) is 0 Å². The Morgan fingerprint density at radius 2 is 1.82 bits per heavy atom. The number of nitrogens with zero attached hydrogens (tertiary/aromatic N) is 1. The SMILES string of the molecule is CC1CCN(CCNCC2CCNCC2)CC1. The van der Waals surface area contributed by atoms with Gasteiger partial charge >= 0.3 is 0 Å². The van der Waals surface area contributed by atoms with E-state index in [0.717, 1.165) is 11.8 Å². The van der Waals surface area contributed by atoms with Gasteiger partial charge in [-0.05, 0) is 70.2 Å². The first kappa shape index (κ1) is 13.3. The van der Waals surface area contributed by atoms with E-state index < -0.39 is 0 Å². The average molecular weight is 239 g/mol. The molecular weight excluding hydrogens is 210 g/mol. The summed E-state index contributed by atoms with van der Waals surface area (Å²) in [4.78, 5) is 2.62. The molecule has 100 valence electrons. The molecule has 0 amide bonds. The van der Waals surface area contributed by atoms with E-state index in [1.54, 1.807) is 0 Å². The van der Waals surface area contributed by atoms with Crippen LogP contribution >= 0.6 is 0 Å². The zero-order valence-electron chi connectivity index (χ0n) is 11.4. The molecule has 17 heavy (non-hydrogen) atoms. The highest BCUT2D eigenvalue weighted by Gasteiger charge is 2.15. The standard InChI is InChI=1S/C14H29N3/c1-13-4-9-17(10-5-13)11-8-16-12-14-2-6-15-7-3-14/h13-16H,2-12H2,1H3. The van der Waals surface area contributed by atoms with Gasteiger partial charge in [-0.15, -0.1) is 0 Å². The zero-order chi connectivity index (χ0) is 11.9. The van der Waals surface area contributed by atoms with Crippen molar-refractivity contribution in [1.82, 2.24) is 15.5 Å². The summed E-state index contributed by atoms with van der Waals surface area (Å²) in [5.74, 6) is 1.87. The lowest BCUT2D eigenvalue weighted by Gasteiger charge is -2.30. The maximum absolute atomic E-state index is 3.64. The zero-order valence-corrected chi connectivity index (χ0v) is 11.4. The molecule has 0 bridgehead atoms. The van der Waals surface area contributed by atoms with Gasteiger partial charge < -0.3 is 15.5 Å². The summed E-state index contributed by atoms with van der Waals surface area (Å²) < 4.78 is 0. The van der Waals surface area contributed by atoms with E-state index >= 15 is 0 Å². The molecule has 2 saturated heterocycles. The second-order valence-corrected chi connectivity index (χ2v) is 5.92. The Kier molecular flexibility index (Phi) is 5.75. The summed E-state index contributed by atoms with van der Waals surface area (Å²) in [5, 5.41) is 7.07. The minimum Gasteiger partial charge on any atom is -0.317 e. The monoisotopic (exact) mass is 239 g/mol. The van der Waals surface area contributed by atoms with E-state index in [2.05, 4.69) is 22.5 Å². The van der Waals surface area contributed by atoms with Crippen LogP contribution in [0.1, 0.15) is 32.6 Å². The first-order valence-electron chi connectivity index (χ1n) is 7.48. The van der Waals surface area contributed by atoms with Crippen molar-refractivity contribution in [2.75, 3.05) is 45.8 Å². The predicted molar refractivity (Wildman–Crippen MR) is 73.3 cm³/mol. The third kappa shape index (κ3) is 4.94. The summed E-state index contributed by atoms with van der Waals surface area (Å²) in [6.45, 7) is 11.1. The Hall–Kier alpha value is -0.120. The fraction of sp³-hybridized carbons (Fsp3) is 1.00. The van der Waals surface area contributed by atoms with E-state index in [4.69, 9.17) is 0 Å². The summed E-state index contributed by atoms with van der Waals surface area (Å²) in [6.07, 6.45) is 5.51. The lowest BCUT2D eigenvalue weighted by molar-refractivity contribution is 0.191. The summed E-state index contributed by atoms with van der Waals surface area (Å²) in [5.41, 5.74) is 0. The normalized spacial score (nSPS) is 25.2.